The van der Waals surface area contributed by atoms with Crippen LogP contribution in [0.3, 0.4) is 0 Å². The third-order valence-corrected chi connectivity index (χ3v) is 5.32. The van der Waals surface area contributed by atoms with Gasteiger partial charge in [0.2, 0.25) is 5.91 Å². The molecule has 0 radical (unpaired) electrons. The normalized spacial score (nSPS) is 14.6. The van der Waals surface area contributed by atoms with Gasteiger partial charge in [0.25, 0.3) is 0 Å². The first-order valence-electron chi connectivity index (χ1n) is 10.3. The van der Waals surface area contributed by atoms with E-state index in [2.05, 4.69) is 4.90 Å². The lowest BCUT2D eigenvalue weighted by Gasteiger charge is -2.34. The summed E-state index contributed by atoms with van der Waals surface area (Å²) in [5.74, 6) is 1.16. The van der Waals surface area contributed by atoms with Gasteiger partial charge in [0.05, 0.1) is 13.2 Å². The molecule has 5 heteroatoms. The molecule has 5 nitrogen and oxygen atoms in total. The maximum absolute atomic E-state index is 12.6. The Kier molecular flexibility index (Phi) is 7.42. The van der Waals surface area contributed by atoms with Crippen LogP contribution in [-0.2, 0) is 4.79 Å². The fourth-order valence-corrected chi connectivity index (χ4v) is 3.66. The summed E-state index contributed by atoms with van der Waals surface area (Å²) in [6.07, 6.45) is 1.20. The summed E-state index contributed by atoms with van der Waals surface area (Å²) < 4.78 is 5.65. The van der Waals surface area contributed by atoms with E-state index in [0.29, 0.717) is 39.1 Å². The average Bonchev–Trinajstić information content (AvgIpc) is 2.72. The summed E-state index contributed by atoms with van der Waals surface area (Å²) in [6, 6.07) is 15.6. The quantitative estimate of drug-likeness (QED) is 0.508. The van der Waals surface area contributed by atoms with E-state index in [1.807, 2.05) is 67.3 Å². The number of nitrogens with zero attached hydrogens (tertiary/aromatic N) is 2. The van der Waals surface area contributed by atoms with Gasteiger partial charge in [-0.1, -0.05) is 42.0 Å². The van der Waals surface area contributed by atoms with E-state index < -0.39 is 0 Å². The smallest absolute Gasteiger partial charge is 0.222 e. The minimum Gasteiger partial charge on any atom is -0.494 e. The molecule has 0 aliphatic carbocycles. The molecule has 1 saturated heterocycles. The molecule has 0 unspecified atom stereocenters. The highest BCUT2D eigenvalue weighted by molar-refractivity contribution is 5.99. The lowest BCUT2D eigenvalue weighted by molar-refractivity contribution is -0.133. The lowest BCUT2D eigenvalue weighted by atomic mass is 10.0. The van der Waals surface area contributed by atoms with E-state index in [9.17, 15) is 9.59 Å². The molecule has 1 heterocycles. The first-order chi connectivity index (χ1) is 14.0. The van der Waals surface area contributed by atoms with Gasteiger partial charge < -0.3 is 9.64 Å². The topological polar surface area (TPSA) is 49.9 Å². The standard InChI is InChI=1S/C24H30N2O3/c1-19-10-11-22(20(2)17-19)23(27)18-25-12-14-26(15-13-25)24(28)9-6-16-29-21-7-4-3-5-8-21/h3-5,7-8,10-11,17H,6,9,12-16,18H2,1-2H3. The maximum atomic E-state index is 12.6. The van der Waals surface area contributed by atoms with Crippen LogP contribution in [-0.4, -0.2) is 60.8 Å². The highest BCUT2D eigenvalue weighted by Gasteiger charge is 2.23. The van der Waals surface area contributed by atoms with Crippen molar-refractivity contribution in [1.29, 1.82) is 0 Å². The number of hydrogen-bond acceptors (Lipinski definition) is 4. The predicted octanol–water partition coefficient (Wildman–Crippen LogP) is 3.49. The third kappa shape index (κ3) is 6.16. The molecule has 1 aliphatic heterocycles. The number of ether oxygens (including phenoxy) is 1. The Balaban J connectivity index is 1.37. The molecule has 154 valence electrons. The molecule has 2 aromatic carbocycles. The Morgan fingerprint density at radius 3 is 2.38 bits per heavy atom. The van der Waals surface area contributed by atoms with Gasteiger partial charge in [-0.25, -0.2) is 0 Å². The molecule has 1 amide bonds. The number of hydrogen-bond donors (Lipinski definition) is 0. The van der Waals surface area contributed by atoms with Gasteiger partial charge in [0.15, 0.2) is 5.78 Å². The van der Waals surface area contributed by atoms with E-state index in [4.69, 9.17) is 4.74 Å². The van der Waals surface area contributed by atoms with Crippen molar-refractivity contribution in [3.8, 4) is 5.75 Å². The fourth-order valence-electron chi connectivity index (χ4n) is 3.66. The number of carbonyl (C=O) groups excluding carboxylic acids is 2. The number of Topliss-reactive ketones (excluding diaryl/α,β-unsaturated/α-hetero) is 1. The zero-order chi connectivity index (χ0) is 20.6. The highest BCUT2D eigenvalue weighted by atomic mass is 16.5. The summed E-state index contributed by atoms with van der Waals surface area (Å²) in [5.41, 5.74) is 2.99. The van der Waals surface area contributed by atoms with Gasteiger partial charge in [-0.2, -0.15) is 0 Å². The highest BCUT2D eigenvalue weighted by Crippen LogP contribution is 2.13. The number of carbonyl (C=O) groups is 2. The van der Waals surface area contributed by atoms with Crippen molar-refractivity contribution in [3.63, 3.8) is 0 Å². The zero-order valence-electron chi connectivity index (χ0n) is 17.4. The number of benzene rings is 2. The van der Waals surface area contributed by atoms with Crippen molar-refractivity contribution >= 4 is 11.7 Å². The van der Waals surface area contributed by atoms with Gasteiger partial charge in [0.1, 0.15) is 5.75 Å². The Labute approximate surface area is 173 Å². The van der Waals surface area contributed by atoms with Crippen molar-refractivity contribution < 1.29 is 14.3 Å². The van der Waals surface area contributed by atoms with E-state index in [0.717, 1.165) is 30.0 Å². The Morgan fingerprint density at radius 2 is 1.69 bits per heavy atom. The molecule has 29 heavy (non-hydrogen) atoms. The first-order valence-corrected chi connectivity index (χ1v) is 10.3. The van der Waals surface area contributed by atoms with E-state index in [-0.39, 0.29) is 11.7 Å². The molecule has 0 bridgehead atoms. The molecule has 1 aliphatic rings. The second-order valence-electron chi connectivity index (χ2n) is 7.66. The van der Waals surface area contributed by atoms with Crippen molar-refractivity contribution in [2.24, 2.45) is 0 Å². The summed E-state index contributed by atoms with van der Waals surface area (Å²) in [5, 5.41) is 0. The number of piperazine rings is 1. The van der Waals surface area contributed by atoms with Crippen LogP contribution in [0, 0.1) is 13.8 Å². The average molecular weight is 395 g/mol. The molecule has 0 N–H and O–H groups in total. The molecule has 3 rings (SSSR count). The molecule has 0 saturated carbocycles. The third-order valence-electron chi connectivity index (χ3n) is 5.32. The second kappa shape index (κ2) is 10.2. The Hall–Kier alpha value is -2.66. The number of amides is 1. The maximum Gasteiger partial charge on any atom is 0.222 e. The molecule has 2 aromatic rings. The van der Waals surface area contributed by atoms with Crippen LogP contribution < -0.4 is 4.74 Å². The van der Waals surface area contributed by atoms with Crippen LogP contribution in [0.2, 0.25) is 0 Å². The van der Waals surface area contributed by atoms with Crippen molar-refractivity contribution in [1.82, 2.24) is 9.80 Å². The molecule has 0 atom stereocenters. The van der Waals surface area contributed by atoms with Gasteiger partial charge in [-0.3, -0.25) is 14.5 Å². The van der Waals surface area contributed by atoms with Crippen LogP contribution in [0.25, 0.3) is 0 Å². The minimum absolute atomic E-state index is 0.153. The number of ketones is 1. The zero-order valence-corrected chi connectivity index (χ0v) is 17.4. The fraction of sp³-hybridized carbons (Fsp3) is 0.417. The Morgan fingerprint density at radius 1 is 0.966 bits per heavy atom. The van der Waals surface area contributed by atoms with E-state index >= 15 is 0 Å². The van der Waals surface area contributed by atoms with Crippen molar-refractivity contribution in [2.75, 3.05) is 39.3 Å². The first kappa shape index (κ1) is 21.1. The van der Waals surface area contributed by atoms with Crippen LogP contribution in [0.15, 0.2) is 48.5 Å². The SMILES string of the molecule is Cc1ccc(C(=O)CN2CCN(C(=O)CCCOc3ccccc3)CC2)c(C)c1. The largest absolute Gasteiger partial charge is 0.494 e. The van der Waals surface area contributed by atoms with Gasteiger partial charge in [-0.15, -0.1) is 0 Å². The molecule has 0 aromatic heterocycles. The lowest BCUT2D eigenvalue weighted by Crippen LogP contribution is -2.49. The van der Waals surface area contributed by atoms with Gasteiger partial charge >= 0.3 is 0 Å². The summed E-state index contributed by atoms with van der Waals surface area (Å²) >= 11 is 0. The number of para-hydroxylation sites is 1. The molecule has 1 fully saturated rings. The Bertz CT molecular complexity index is 827. The molecule has 0 spiro atoms. The molecular weight excluding hydrogens is 364 g/mol. The second-order valence-corrected chi connectivity index (χ2v) is 7.66. The number of rotatable bonds is 8. The summed E-state index contributed by atoms with van der Waals surface area (Å²) in [7, 11) is 0. The van der Waals surface area contributed by atoms with Crippen molar-refractivity contribution in [2.45, 2.75) is 26.7 Å². The monoisotopic (exact) mass is 394 g/mol. The van der Waals surface area contributed by atoms with Gasteiger partial charge in [0, 0.05) is 38.2 Å². The van der Waals surface area contributed by atoms with Crippen molar-refractivity contribution in [3.05, 3.63) is 65.2 Å². The van der Waals surface area contributed by atoms with Crippen LogP contribution >= 0.6 is 0 Å². The van der Waals surface area contributed by atoms with Gasteiger partial charge in [-0.05, 0) is 38.0 Å². The summed E-state index contributed by atoms with van der Waals surface area (Å²) in [6.45, 7) is 7.81. The number of aryl methyl sites for hydroxylation is 2. The van der Waals surface area contributed by atoms with Crippen LogP contribution in [0.4, 0.5) is 0 Å². The molecular formula is C24H30N2O3. The van der Waals surface area contributed by atoms with Crippen LogP contribution in [0.5, 0.6) is 5.75 Å². The minimum atomic E-state index is 0.153. The van der Waals surface area contributed by atoms with E-state index in [1.165, 1.54) is 5.56 Å². The van der Waals surface area contributed by atoms with E-state index in [1.54, 1.807) is 0 Å². The predicted molar refractivity (Wildman–Crippen MR) is 114 cm³/mol. The van der Waals surface area contributed by atoms with Crippen LogP contribution in [0.1, 0.15) is 34.3 Å². The summed E-state index contributed by atoms with van der Waals surface area (Å²) in [4.78, 5) is 29.1.